The first kappa shape index (κ1) is 19.6. The number of nitrogens with one attached hydrogen (secondary N) is 1. The highest BCUT2D eigenvalue weighted by atomic mass is 35.5. The van der Waals surface area contributed by atoms with Crippen molar-refractivity contribution in [2.45, 2.75) is 4.90 Å². The van der Waals surface area contributed by atoms with E-state index < -0.39 is 10.0 Å². The Morgan fingerprint density at radius 3 is 2.62 bits per heavy atom. The summed E-state index contributed by atoms with van der Waals surface area (Å²) < 4.78 is 34.5. The summed E-state index contributed by atoms with van der Waals surface area (Å²) in [4.78, 5) is 4.13. The maximum absolute atomic E-state index is 12.9. The molecule has 0 saturated heterocycles. The molecule has 0 atom stereocenters. The molecule has 0 radical (unpaired) electrons. The summed E-state index contributed by atoms with van der Waals surface area (Å²) in [7, 11) is -4.03. The highest BCUT2D eigenvalue weighted by molar-refractivity contribution is 7.92. The Kier molecular flexibility index (Phi) is 5.17. The highest BCUT2D eigenvalue weighted by Gasteiger charge is 2.22. The minimum Gasteiger partial charge on any atom is -0.363 e. The van der Waals surface area contributed by atoms with Crippen LogP contribution in [0.25, 0.3) is 17.3 Å². The molecule has 3 aromatic heterocycles. The van der Waals surface area contributed by atoms with Crippen molar-refractivity contribution in [2.24, 2.45) is 0 Å². The molecule has 0 aliphatic rings. The number of rotatable bonds is 5. The molecule has 1 aromatic carbocycles. The number of nitrogens with zero attached hydrogens (tertiary/aromatic N) is 5. The molecular formula is C16H9Cl3N6O3S. The average Bonchev–Trinajstić information content (AvgIpc) is 3.35. The molecule has 3 heterocycles. The van der Waals surface area contributed by atoms with Crippen molar-refractivity contribution in [3.8, 4) is 17.3 Å². The molecule has 0 fully saturated rings. The highest BCUT2D eigenvalue weighted by Crippen LogP contribution is 2.31. The molecule has 0 amide bonds. The van der Waals surface area contributed by atoms with Crippen molar-refractivity contribution >= 4 is 50.5 Å². The van der Waals surface area contributed by atoms with Gasteiger partial charge in [-0.3, -0.25) is 9.29 Å². The summed E-state index contributed by atoms with van der Waals surface area (Å²) in [6, 6.07) is 6.94. The van der Waals surface area contributed by atoms with E-state index in [0.29, 0.717) is 5.82 Å². The zero-order valence-corrected chi connectivity index (χ0v) is 17.2. The molecule has 148 valence electrons. The molecule has 0 spiro atoms. The molecule has 13 heteroatoms. The maximum atomic E-state index is 12.9. The zero-order valence-electron chi connectivity index (χ0n) is 14.1. The second-order valence-corrected chi connectivity index (χ2v) is 8.55. The molecule has 9 nitrogen and oxygen atoms in total. The van der Waals surface area contributed by atoms with Crippen molar-refractivity contribution in [3.63, 3.8) is 0 Å². The van der Waals surface area contributed by atoms with Gasteiger partial charge in [0.2, 0.25) is 0 Å². The average molecular weight is 472 g/mol. The molecule has 4 aromatic rings. The third kappa shape index (κ3) is 3.92. The Balaban J connectivity index is 1.79. The van der Waals surface area contributed by atoms with E-state index >= 15 is 0 Å². The van der Waals surface area contributed by atoms with Crippen LogP contribution in [-0.4, -0.2) is 33.3 Å². The van der Waals surface area contributed by atoms with Crippen molar-refractivity contribution < 1.29 is 12.9 Å². The molecule has 1 N–H and O–H groups in total. The lowest BCUT2D eigenvalue weighted by atomic mass is 10.3. The minimum absolute atomic E-state index is 0.0846. The lowest BCUT2D eigenvalue weighted by Crippen LogP contribution is -2.14. The molecule has 4 rings (SSSR count). The van der Waals surface area contributed by atoms with Crippen LogP contribution in [0.4, 0.5) is 5.69 Å². The van der Waals surface area contributed by atoms with E-state index in [0.717, 1.165) is 0 Å². The monoisotopic (exact) mass is 470 g/mol. The van der Waals surface area contributed by atoms with E-state index in [9.17, 15) is 8.42 Å². The number of hydrogen-bond acceptors (Lipinski definition) is 7. The van der Waals surface area contributed by atoms with Gasteiger partial charge >= 0.3 is 0 Å². The van der Waals surface area contributed by atoms with Crippen molar-refractivity contribution in [1.82, 2.24) is 24.9 Å². The predicted octanol–water partition coefficient (Wildman–Crippen LogP) is 4.08. The molecule has 0 saturated carbocycles. The normalized spacial score (nSPS) is 11.6. The second-order valence-electron chi connectivity index (χ2n) is 5.61. The lowest BCUT2D eigenvalue weighted by Gasteiger charge is -2.12. The number of halogens is 3. The topological polar surface area (TPSA) is 116 Å². The van der Waals surface area contributed by atoms with Gasteiger partial charge in [0.1, 0.15) is 18.3 Å². The van der Waals surface area contributed by atoms with Crippen LogP contribution in [-0.2, 0) is 10.0 Å². The summed E-state index contributed by atoms with van der Waals surface area (Å²) in [6.07, 6.45) is 4.12. The largest absolute Gasteiger partial charge is 0.363 e. The number of hydrogen-bond donors (Lipinski definition) is 1. The van der Waals surface area contributed by atoms with E-state index in [-0.39, 0.29) is 37.2 Å². The van der Waals surface area contributed by atoms with Gasteiger partial charge < -0.3 is 4.52 Å². The van der Waals surface area contributed by atoms with Gasteiger partial charge in [0.25, 0.3) is 10.0 Å². The molecule has 0 aliphatic heterocycles. The zero-order chi connectivity index (χ0) is 20.6. The van der Waals surface area contributed by atoms with Crippen LogP contribution in [0.1, 0.15) is 0 Å². The number of anilines is 1. The quantitative estimate of drug-likeness (QED) is 0.466. The lowest BCUT2D eigenvalue weighted by molar-refractivity contribution is 0.417. The Hall–Kier alpha value is -2.66. The number of aromatic nitrogens is 5. The Labute approximate surface area is 179 Å². The van der Waals surface area contributed by atoms with E-state index in [4.69, 9.17) is 39.3 Å². The first-order valence-corrected chi connectivity index (χ1v) is 10.4. The second kappa shape index (κ2) is 7.64. The van der Waals surface area contributed by atoms with E-state index in [1.54, 1.807) is 6.07 Å². The van der Waals surface area contributed by atoms with Crippen molar-refractivity contribution in [1.29, 1.82) is 0 Å². The van der Waals surface area contributed by atoms with Crippen LogP contribution in [0.3, 0.4) is 0 Å². The van der Waals surface area contributed by atoms with Crippen molar-refractivity contribution in [3.05, 3.63) is 64.2 Å². The summed E-state index contributed by atoms with van der Waals surface area (Å²) in [5, 5.41) is 12.2. The van der Waals surface area contributed by atoms with Gasteiger partial charge in [-0.05, 0) is 24.3 Å². The Bertz CT molecular complexity index is 1290. The molecule has 0 aliphatic carbocycles. The van der Waals surface area contributed by atoms with Crippen LogP contribution in [0, 0.1) is 0 Å². The van der Waals surface area contributed by atoms with Crippen LogP contribution in [0.5, 0.6) is 0 Å². The number of sulfonamides is 1. The third-order valence-electron chi connectivity index (χ3n) is 3.73. The van der Waals surface area contributed by atoms with Gasteiger partial charge in [-0.1, -0.05) is 40.0 Å². The molecule has 29 heavy (non-hydrogen) atoms. The SMILES string of the molecule is O=S(=O)(Nc1cc(Cl)cnc1-c1nncn1-c1ccon1)c1ccc(Cl)c(Cl)c1. The minimum atomic E-state index is -4.03. The van der Waals surface area contributed by atoms with Crippen LogP contribution >= 0.6 is 34.8 Å². The summed E-state index contributed by atoms with van der Waals surface area (Å²) in [6.45, 7) is 0. The standard InChI is InChI=1S/C16H9Cl3N6O3S/c17-9-5-13(24-29(26,27)10-1-2-11(18)12(19)6-10)15(20-7-9)16-22-21-8-25(16)14-3-4-28-23-14/h1-8,24H. The Morgan fingerprint density at radius 1 is 1.07 bits per heavy atom. The third-order valence-corrected chi connectivity index (χ3v) is 6.04. The predicted molar refractivity (Wildman–Crippen MR) is 107 cm³/mol. The first-order chi connectivity index (χ1) is 13.8. The summed E-state index contributed by atoms with van der Waals surface area (Å²) in [5.41, 5.74) is 0.264. The van der Waals surface area contributed by atoms with Gasteiger partial charge in [0, 0.05) is 12.3 Å². The van der Waals surface area contributed by atoms with Gasteiger partial charge in [0.05, 0.1) is 25.7 Å². The maximum Gasteiger partial charge on any atom is 0.262 e. The van der Waals surface area contributed by atoms with Gasteiger partial charge in [-0.25, -0.2) is 13.4 Å². The smallest absolute Gasteiger partial charge is 0.262 e. The summed E-state index contributed by atoms with van der Waals surface area (Å²) >= 11 is 17.8. The number of benzene rings is 1. The Morgan fingerprint density at radius 2 is 1.90 bits per heavy atom. The summed E-state index contributed by atoms with van der Waals surface area (Å²) in [5.74, 6) is 0.613. The van der Waals surface area contributed by atoms with E-state index in [1.165, 1.54) is 47.6 Å². The van der Waals surface area contributed by atoms with Crippen LogP contribution in [0.15, 0.2) is 58.5 Å². The molecule has 0 bridgehead atoms. The van der Waals surface area contributed by atoms with Crippen LogP contribution < -0.4 is 4.72 Å². The van der Waals surface area contributed by atoms with Crippen LogP contribution in [0.2, 0.25) is 15.1 Å². The fourth-order valence-electron chi connectivity index (χ4n) is 2.44. The van der Waals surface area contributed by atoms with E-state index in [1.807, 2.05) is 0 Å². The molecular weight excluding hydrogens is 463 g/mol. The van der Waals surface area contributed by atoms with Crippen molar-refractivity contribution in [2.75, 3.05) is 4.72 Å². The van der Waals surface area contributed by atoms with Gasteiger partial charge in [0.15, 0.2) is 11.6 Å². The first-order valence-electron chi connectivity index (χ1n) is 7.80. The van der Waals surface area contributed by atoms with E-state index in [2.05, 4.69) is 25.1 Å². The number of pyridine rings is 1. The molecule has 0 unspecified atom stereocenters. The van der Waals surface area contributed by atoms with Gasteiger partial charge in [-0.2, -0.15) is 0 Å². The fraction of sp³-hybridized carbons (Fsp3) is 0. The van der Waals surface area contributed by atoms with Gasteiger partial charge in [-0.15, -0.1) is 10.2 Å². The fourth-order valence-corrected chi connectivity index (χ4v) is 4.04.